The maximum atomic E-state index is 11.2. The molecule has 0 aliphatic carbocycles. The molecule has 19 heavy (non-hydrogen) atoms. The van der Waals surface area contributed by atoms with Gasteiger partial charge in [-0.25, -0.2) is 0 Å². The van der Waals surface area contributed by atoms with Crippen molar-refractivity contribution < 1.29 is 4.79 Å². The highest BCUT2D eigenvalue weighted by atomic mass is 16.1. The average Bonchev–Trinajstić information content (AvgIpc) is 2.46. The Bertz CT molecular complexity index is 460. The van der Waals surface area contributed by atoms with E-state index >= 15 is 0 Å². The van der Waals surface area contributed by atoms with Crippen LogP contribution in [0.1, 0.15) is 36.5 Å². The van der Waals surface area contributed by atoms with Gasteiger partial charge in [-0.15, -0.1) is 0 Å². The largest absolute Gasteiger partial charge is 0.365 e. The number of benzene rings is 1. The molecule has 2 saturated heterocycles. The van der Waals surface area contributed by atoms with Gasteiger partial charge in [0.05, 0.1) is 0 Å². The molecule has 2 fully saturated rings. The van der Waals surface area contributed by atoms with E-state index in [2.05, 4.69) is 22.8 Å². The van der Waals surface area contributed by atoms with Crippen molar-refractivity contribution >= 4 is 12.0 Å². The Kier molecular flexibility index (Phi) is 3.56. The third-order valence-corrected chi connectivity index (χ3v) is 4.56. The first kappa shape index (κ1) is 12.7. The molecule has 102 valence electrons. The Labute approximate surface area is 115 Å². The zero-order valence-electron chi connectivity index (χ0n) is 11.6. The molecule has 3 nitrogen and oxygen atoms in total. The lowest BCUT2D eigenvalue weighted by Gasteiger charge is -2.48. The molecule has 0 aromatic heterocycles. The molecular weight excluding hydrogens is 236 g/mol. The minimum Gasteiger partial charge on any atom is -0.365 e. The van der Waals surface area contributed by atoms with E-state index in [-0.39, 0.29) is 0 Å². The third kappa shape index (κ3) is 2.39. The second kappa shape index (κ2) is 5.33. The molecule has 2 unspecified atom stereocenters. The van der Waals surface area contributed by atoms with Crippen molar-refractivity contribution in [1.82, 2.24) is 4.90 Å². The van der Waals surface area contributed by atoms with E-state index in [1.54, 1.807) is 0 Å². The Balaban J connectivity index is 1.85. The summed E-state index contributed by atoms with van der Waals surface area (Å²) in [5, 5.41) is 0. The molecule has 2 aliphatic rings. The van der Waals surface area contributed by atoms with E-state index in [0.29, 0.717) is 12.1 Å². The van der Waals surface area contributed by atoms with Gasteiger partial charge in [-0.3, -0.25) is 9.69 Å². The molecule has 2 heterocycles. The summed E-state index contributed by atoms with van der Waals surface area (Å²) >= 11 is 0. The van der Waals surface area contributed by atoms with Crippen LogP contribution < -0.4 is 4.90 Å². The Morgan fingerprint density at radius 3 is 2.89 bits per heavy atom. The molecule has 0 bridgehead atoms. The highest BCUT2D eigenvalue weighted by Crippen LogP contribution is 2.29. The quantitative estimate of drug-likeness (QED) is 0.762. The molecule has 3 rings (SSSR count). The molecule has 0 saturated carbocycles. The first-order valence-electron chi connectivity index (χ1n) is 7.34. The van der Waals surface area contributed by atoms with E-state index in [1.807, 2.05) is 18.2 Å². The maximum Gasteiger partial charge on any atom is 0.152 e. The van der Waals surface area contributed by atoms with Crippen LogP contribution >= 0.6 is 0 Å². The SMILES string of the molecule is CC1CN2CCCCC2CN1c1ccccc1C=O. The lowest BCUT2D eigenvalue weighted by molar-refractivity contribution is 0.111. The fourth-order valence-electron chi connectivity index (χ4n) is 3.54. The molecular formula is C16H22N2O. The van der Waals surface area contributed by atoms with Crippen molar-refractivity contribution in [2.75, 3.05) is 24.5 Å². The number of piperidine rings is 1. The first-order chi connectivity index (χ1) is 9.29. The van der Waals surface area contributed by atoms with Crippen LogP contribution in [0.3, 0.4) is 0 Å². The maximum absolute atomic E-state index is 11.2. The summed E-state index contributed by atoms with van der Waals surface area (Å²) in [4.78, 5) is 16.3. The summed E-state index contributed by atoms with van der Waals surface area (Å²) in [7, 11) is 0. The molecule has 0 spiro atoms. The van der Waals surface area contributed by atoms with Crippen LogP contribution in [-0.4, -0.2) is 42.9 Å². The topological polar surface area (TPSA) is 23.6 Å². The summed E-state index contributed by atoms with van der Waals surface area (Å²) in [6.07, 6.45) is 4.97. The van der Waals surface area contributed by atoms with E-state index in [9.17, 15) is 4.79 Å². The van der Waals surface area contributed by atoms with E-state index in [4.69, 9.17) is 0 Å². The second-order valence-electron chi connectivity index (χ2n) is 5.82. The monoisotopic (exact) mass is 258 g/mol. The van der Waals surface area contributed by atoms with Crippen molar-refractivity contribution in [3.05, 3.63) is 29.8 Å². The van der Waals surface area contributed by atoms with Gasteiger partial charge < -0.3 is 4.90 Å². The van der Waals surface area contributed by atoms with Gasteiger partial charge in [0.1, 0.15) is 0 Å². The number of hydrogen-bond acceptors (Lipinski definition) is 3. The average molecular weight is 258 g/mol. The standard InChI is InChI=1S/C16H22N2O/c1-13-10-17-9-5-4-7-15(17)11-18(13)16-8-3-2-6-14(16)12-19/h2-3,6,8,12-13,15H,4-5,7,9-11H2,1H3. The second-order valence-corrected chi connectivity index (χ2v) is 5.82. The van der Waals surface area contributed by atoms with Crippen molar-refractivity contribution in [3.8, 4) is 0 Å². The molecule has 0 N–H and O–H groups in total. The summed E-state index contributed by atoms with van der Waals surface area (Å²) in [5.74, 6) is 0. The minimum absolute atomic E-state index is 0.482. The molecule has 1 aromatic carbocycles. The van der Waals surface area contributed by atoms with Gasteiger partial charge in [-0.2, -0.15) is 0 Å². The fourth-order valence-corrected chi connectivity index (χ4v) is 3.54. The molecule has 2 atom stereocenters. The van der Waals surface area contributed by atoms with Crippen molar-refractivity contribution in [2.24, 2.45) is 0 Å². The molecule has 0 radical (unpaired) electrons. The van der Waals surface area contributed by atoms with Gasteiger partial charge >= 0.3 is 0 Å². The Morgan fingerprint density at radius 1 is 1.21 bits per heavy atom. The fraction of sp³-hybridized carbons (Fsp3) is 0.562. The number of rotatable bonds is 2. The summed E-state index contributed by atoms with van der Waals surface area (Å²) in [6.45, 7) is 5.70. The molecule has 0 amide bonds. The van der Waals surface area contributed by atoms with Crippen molar-refractivity contribution in [3.63, 3.8) is 0 Å². The third-order valence-electron chi connectivity index (χ3n) is 4.56. The highest BCUT2D eigenvalue weighted by molar-refractivity contribution is 5.84. The van der Waals surface area contributed by atoms with Crippen LogP contribution in [-0.2, 0) is 0 Å². The number of piperazine rings is 1. The number of hydrogen-bond donors (Lipinski definition) is 0. The predicted octanol–water partition coefficient (Wildman–Crippen LogP) is 2.56. The number of aldehydes is 1. The van der Waals surface area contributed by atoms with E-state index < -0.39 is 0 Å². The van der Waals surface area contributed by atoms with Gasteiger partial charge in [0.2, 0.25) is 0 Å². The number of fused-ring (bicyclic) bond motifs is 1. The predicted molar refractivity (Wildman–Crippen MR) is 77.8 cm³/mol. The number of para-hydroxylation sites is 1. The normalized spacial score (nSPS) is 27.9. The zero-order chi connectivity index (χ0) is 13.2. The number of carbonyl (C=O) groups is 1. The summed E-state index contributed by atoms with van der Waals surface area (Å²) in [5.41, 5.74) is 1.92. The number of anilines is 1. The van der Waals surface area contributed by atoms with Gasteiger partial charge in [-0.05, 0) is 38.4 Å². The van der Waals surface area contributed by atoms with Gasteiger partial charge in [-0.1, -0.05) is 18.6 Å². The summed E-state index contributed by atoms with van der Waals surface area (Å²) < 4.78 is 0. The van der Waals surface area contributed by atoms with Crippen LogP contribution in [0.2, 0.25) is 0 Å². The van der Waals surface area contributed by atoms with E-state index in [0.717, 1.165) is 30.6 Å². The lowest BCUT2D eigenvalue weighted by atomic mass is 9.96. The number of nitrogens with zero attached hydrogens (tertiary/aromatic N) is 2. The Morgan fingerprint density at radius 2 is 2.05 bits per heavy atom. The number of carbonyl (C=O) groups excluding carboxylic acids is 1. The molecule has 3 heteroatoms. The minimum atomic E-state index is 0.482. The van der Waals surface area contributed by atoms with Crippen LogP contribution in [0, 0.1) is 0 Å². The van der Waals surface area contributed by atoms with Crippen molar-refractivity contribution in [1.29, 1.82) is 0 Å². The summed E-state index contributed by atoms with van der Waals surface area (Å²) in [6, 6.07) is 9.12. The highest BCUT2D eigenvalue weighted by Gasteiger charge is 2.33. The first-order valence-corrected chi connectivity index (χ1v) is 7.34. The van der Waals surface area contributed by atoms with Crippen molar-refractivity contribution in [2.45, 2.75) is 38.3 Å². The smallest absolute Gasteiger partial charge is 0.152 e. The van der Waals surface area contributed by atoms with Gasteiger partial charge in [0.25, 0.3) is 0 Å². The Hall–Kier alpha value is -1.35. The van der Waals surface area contributed by atoms with Gasteiger partial charge in [0, 0.05) is 36.4 Å². The van der Waals surface area contributed by atoms with Crippen LogP contribution in [0.5, 0.6) is 0 Å². The van der Waals surface area contributed by atoms with Crippen LogP contribution in [0.4, 0.5) is 5.69 Å². The van der Waals surface area contributed by atoms with Crippen LogP contribution in [0.15, 0.2) is 24.3 Å². The lowest BCUT2D eigenvalue weighted by Crippen LogP contribution is -2.59. The van der Waals surface area contributed by atoms with Gasteiger partial charge in [0.15, 0.2) is 6.29 Å². The molecule has 2 aliphatic heterocycles. The zero-order valence-corrected chi connectivity index (χ0v) is 11.6. The van der Waals surface area contributed by atoms with E-state index in [1.165, 1.54) is 25.8 Å². The van der Waals surface area contributed by atoms with Crippen LogP contribution in [0.25, 0.3) is 0 Å². The molecule has 1 aromatic rings.